The summed E-state index contributed by atoms with van der Waals surface area (Å²) in [6.45, 7) is 10.6. The third-order valence-corrected chi connectivity index (χ3v) is 7.01. The smallest absolute Gasteiger partial charge is 0.0472 e. The van der Waals surface area contributed by atoms with Crippen molar-refractivity contribution >= 4 is 11.8 Å². The number of nitrogens with two attached hydrogens (primary N) is 1. The van der Waals surface area contributed by atoms with Gasteiger partial charge in [-0.05, 0) is 55.9 Å². The number of nitrogens with zero attached hydrogens (tertiary/aromatic N) is 1. The van der Waals surface area contributed by atoms with Crippen LogP contribution in [-0.4, -0.2) is 41.6 Å². The Labute approximate surface area is 123 Å². The molecule has 2 N–H and O–H groups in total. The molecule has 2 fully saturated rings. The molecule has 0 bridgehead atoms. The molecule has 0 spiro atoms. The first kappa shape index (κ1) is 15.7. The predicted octanol–water partition coefficient (Wildman–Crippen LogP) is 3.36. The normalized spacial score (nSPS) is 36.9. The van der Waals surface area contributed by atoms with Crippen molar-refractivity contribution in [3.05, 3.63) is 0 Å². The van der Waals surface area contributed by atoms with Gasteiger partial charge in [-0.2, -0.15) is 11.8 Å². The van der Waals surface area contributed by atoms with E-state index in [1.54, 1.807) is 0 Å². The minimum absolute atomic E-state index is 0.235. The van der Waals surface area contributed by atoms with Crippen LogP contribution in [0.5, 0.6) is 0 Å². The number of hydrogen-bond acceptors (Lipinski definition) is 3. The van der Waals surface area contributed by atoms with Gasteiger partial charge in [0.1, 0.15) is 0 Å². The van der Waals surface area contributed by atoms with E-state index in [0.717, 1.165) is 12.5 Å². The van der Waals surface area contributed by atoms with Crippen LogP contribution < -0.4 is 5.73 Å². The number of thioether (sulfide) groups is 1. The zero-order valence-corrected chi connectivity index (χ0v) is 13.9. The Balaban J connectivity index is 2.15. The lowest BCUT2D eigenvalue weighted by molar-refractivity contribution is 0.00290. The molecule has 112 valence electrons. The second-order valence-electron chi connectivity index (χ2n) is 7.11. The molecule has 0 amide bonds. The van der Waals surface area contributed by atoms with Crippen LogP contribution in [0.15, 0.2) is 0 Å². The number of rotatable bonds is 3. The molecule has 2 unspecified atom stereocenters. The average molecular weight is 285 g/mol. The molecule has 2 atom stereocenters. The molecule has 3 heteroatoms. The molecule has 0 aromatic heterocycles. The van der Waals surface area contributed by atoms with E-state index < -0.39 is 0 Å². The molecule has 2 aliphatic rings. The van der Waals surface area contributed by atoms with Crippen LogP contribution in [0.2, 0.25) is 0 Å². The average Bonchev–Trinajstić information content (AvgIpc) is 2.64. The lowest BCUT2D eigenvalue weighted by Gasteiger charge is -2.55. The predicted molar refractivity (Wildman–Crippen MR) is 86.7 cm³/mol. The SMILES string of the molecule is CCC1CCCN(C2(CN)CSCCC2(C)C)CC1. The van der Waals surface area contributed by atoms with Gasteiger partial charge in [0.2, 0.25) is 0 Å². The summed E-state index contributed by atoms with van der Waals surface area (Å²) in [6, 6.07) is 0. The fraction of sp³-hybridized carbons (Fsp3) is 1.00. The fourth-order valence-corrected chi connectivity index (χ4v) is 5.81. The van der Waals surface area contributed by atoms with Gasteiger partial charge in [-0.15, -0.1) is 0 Å². The van der Waals surface area contributed by atoms with Crippen LogP contribution in [-0.2, 0) is 0 Å². The lowest BCUT2D eigenvalue weighted by Crippen LogP contribution is -2.66. The van der Waals surface area contributed by atoms with Gasteiger partial charge in [-0.25, -0.2) is 0 Å². The van der Waals surface area contributed by atoms with Crippen LogP contribution in [0.4, 0.5) is 0 Å². The van der Waals surface area contributed by atoms with Crippen LogP contribution in [0.25, 0.3) is 0 Å². The maximum atomic E-state index is 6.31. The lowest BCUT2D eigenvalue weighted by atomic mass is 9.69. The van der Waals surface area contributed by atoms with Gasteiger partial charge < -0.3 is 5.73 Å². The number of likely N-dealkylation sites (tertiary alicyclic amines) is 1. The fourth-order valence-electron chi connectivity index (χ4n) is 3.98. The molecular weight excluding hydrogens is 252 g/mol. The van der Waals surface area contributed by atoms with Crippen molar-refractivity contribution in [1.29, 1.82) is 0 Å². The number of hydrogen-bond donors (Lipinski definition) is 1. The second-order valence-corrected chi connectivity index (χ2v) is 8.22. The zero-order valence-electron chi connectivity index (χ0n) is 13.1. The van der Waals surface area contributed by atoms with E-state index in [9.17, 15) is 0 Å². The highest BCUT2D eigenvalue weighted by atomic mass is 32.2. The molecule has 2 heterocycles. The van der Waals surface area contributed by atoms with E-state index in [-0.39, 0.29) is 5.54 Å². The Morgan fingerprint density at radius 1 is 1.26 bits per heavy atom. The first-order valence-corrected chi connectivity index (χ1v) is 9.24. The van der Waals surface area contributed by atoms with E-state index in [1.807, 2.05) is 0 Å². The van der Waals surface area contributed by atoms with Crippen molar-refractivity contribution in [2.24, 2.45) is 17.1 Å². The van der Waals surface area contributed by atoms with E-state index >= 15 is 0 Å². The van der Waals surface area contributed by atoms with Gasteiger partial charge in [0.15, 0.2) is 0 Å². The molecule has 2 aliphatic heterocycles. The van der Waals surface area contributed by atoms with Gasteiger partial charge in [0, 0.05) is 17.8 Å². The molecule has 19 heavy (non-hydrogen) atoms. The van der Waals surface area contributed by atoms with E-state index in [4.69, 9.17) is 5.73 Å². The molecule has 0 aliphatic carbocycles. The van der Waals surface area contributed by atoms with Gasteiger partial charge in [-0.1, -0.05) is 27.2 Å². The van der Waals surface area contributed by atoms with Gasteiger partial charge >= 0.3 is 0 Å². The van der Waals surface area contributed by atoms with Crippen molar-refractivity contribution in [2.75, 3.05) is 31.1 Å². The largest absolute Gasteiger partial charge is 0.329 e. The summed E-state index contributed by atoms with van der Waals surface area (Å²) in [5.41, 5.74) is 6.90. The maximum Gasteiger partial charge on any atom is 0.0472 e. The molecule has 0 saturated carbocycles. The highest BCUT2D eigenvalue weighted by molar-refractivity contribution is 7.99. The van der Waals surface area contributed by atoms with Crippen LogP contribution in [0.1, 0.15) is 52.9 Å². The Morgan fingerprint density at radius 3 is 2.68 bits per heavy atom. The minimum atomic E-state index is 0.235. The standard InChI is InChI=1S/C16H32N2S/c1-4-14-6-5-9-18(10-7-14)16(12-17)13-19-11-8-15(16,2)3/h14H,4-13,17H2,1-3H3. The molecule has 0 aromatic carbocycles. The second kappa shape index (κ2) is 6.36. The highest BCUT2D eigenvalue weighted by Crippen LogP contribution is 2.46. The summed E-state index contributed by atoms with van der Waals surface area (Å²) in [7, 11) is 0. The van der Waals surface area contributed by atoms with Gasteiger partial charge in [-0.3, -0.25) is 4.90 Å². The Morgan fingerprint density at radius 2 is 2.05 bits per heavy atom. The third-order valence-electron chi connectivity index (χ3n) is 5.84. The molecule has 2 rings (SSSR count). The van der Waals surface area contributed by atoms with Gasteiger partial charge in [0.05, 0.1) is 0 Å². The van der Waals surface area contributed by atoms with Crippen molar-refractivity contribution in [2.45, 2.75) is 58.4 Å². The van der Waals surface area contributed by atoms with Crippen LogP contribution >= 0.6 is 11.8 Å². The van der Waals surface area contributed by atoms with E-state index in [0.29, 0.717) is 5.41 Å². The monoisotopic (exact) mass is 284 g/mol. The van der Waals surface area contributed by atoms with Crippen molar-refractivity contribution in [3.8, 4) is 0 Å². The summed E-state index contributed by atoms with van der Waals surface area (Å²) in [6.07, 6.45) is 6.81. The quantitative estimate of drug-likeness (QED) is 0.861. The summed E-state index contributed by atoms with van der Waals surface area (Å²) < 4.78 is 0. The summed E-state index contributed by atoms with van der Waals surface area (Å²) in [5.74, 6) is 3.48. The summed E-state index contributed by atoms with van der Waals surface area (Å²) >= 11 is 2.11. The Kier molecular flexibility index (Phi) is 5.24. The first-order chi connectivity index (χ1) is 9.05. The Hall–Kier alpha value is 0.270. The van der Waals surface area contributed by atoms with Gasteiger partial charge in [0.25, 0.3) is 0 Å². The summed E-state index contributed by atoms with van der Waals surface area (Å²) in [4.78, 5) is 2.77. The van der Waals surface area contributed by atoms with E-state index in [2.05, 4.69) is 37.4 Å². The van der Waals surface area contributed by atoms with E-state index in [1.165, 1.54) is 56.7 Å². The zero-order chi connectivity index (χ0) is 13.9. The summed E-state index contributed by atoms with van der Waals surface area (Å²) in [5, 5.41) is 0. The molecule has 0 radical (unpaired) electrons. The van der Waals surface area contributed by atoms with Crippen LogP contribution in [0.3, 0.4) is 0 Å². The van der Waals surface area contributed by atoms with Crippen LogP contribution in [0, 0.1) is 11.3 Å². The van der Waals surface area contributed by atoms with Crippen molar-refractivity contribution in [1.82, 2.24) is 4.90 Å². The Bertz CT molecular complexity index is 292. The molecular formula is C16H32N2S. The minimum Gasteiger partial charge on any atom is -0.329 e. The van der Waals surface area contributed by atoms with Crippen molar-refractivity contribution < 1.29 is 0 Å². The topological polar surface area (TPSA) is 29.3 Å². The third kappa shape index (κ3) is 2.98. The molecule has 2 nitrogen and oxygen atoms in total. The molecule has 0 aromatic rings. The highest BCUT2D eigenvalue weighted by Gasteiger charge is 2.49. The maximum absolute atomic E-state index is 6.31. The molecule has 2 saturated heterocycles. The first-order valence-electron chi connectivity index (χ1n) is 8.08. The van der Waals surface area contributed by atoms with Crippen molar-refractivity contribution in [3.63, 3.8) is 0 Å².